The van der Waals surface area contributed by atoms with Gasteiger partial charge in [0.25, 0.3) is 0 Å². The maximum absolute atomic E-state index is 5.55. The molecule has 1 heteroatoms. The van der Waals surface area contributed by atoms with Crippen LogP contribution in [0.1, 0.15) is 45.1 Å². The number of hydrogen-bond acceptors (Lipinski definition) is 1. The monoisotopic (exact) mass is 218 g/mol. The van der Waals surface area contributed by atoms with Crippen LogP contribution in [0.4, 0.5) is 0 Å². The van der Waals surface area contributed by atoms with Gasteiger partial charge < -0.3 is 4.74 Å². The zero-order valence-electron chi connectivity index (χ0n) is 10.4. The molecule has 0 amide bonds. The van der Waals surface area contributed by atoms with Gasteiger partial charge in [-0.2, -0.15) is 0 Å². The SMILES string of the molecule is CCCCCC=COc1cccc(CC)c1. The average molecular weight is 218 g/mol. The molecule has 0 aliphatic heterocycles. The van der Waals surface area contributed by atoms with Crippen molar-refractivity contribution < 1.29 is 4.74 Å². The molecule has 0 saturated heterocycles. The summed E-state index contributed by atoms with van der Waals surface area (Å²) in [4.78, 5) is 0. The fourth-order valence-corrected chi connectivity index (χ4v) is 1.55. The van der Waals surface area contributed by atoms with Crippen molar-refractivity contribution in [1.29, 1.82) is 0 Å². The highest BCUT2D eigenvalue weighted by molar-refractivity contribution is 5.28. The molecule has 16 heavy (non-hydrogen) atoms. The number of unbranched alkanes of at least 4 members (excludes halogenated alkanes) is 3. The van der Waals surface area contributed by atoms with Crippen LogP contribution in [0.25, 0.3) is 0 Å². The van der Waals surface area contributed by atoms with E-state index in [1.54, 1.807) is 0 Å². The predicted octanol–water partition coefficient (Wildman–Crippen LogP) is 4.72. The lowest BCUT2D eigenvalue weighted by molar-refractivity contribution is 0.477. The quantitative estimate of drug-likeness (QED) is 0.475. The van der Waals surface area contributed by atoms with Crippen molar-refractivity contribution in [3.8, 4) is 5.75 Å². The van der Waals surface area contributed by atoms with Gasteiger partial charge in [0, 0.05) is 0 Å². The van der Waals surface area contributed by atoms with Crippen LogP contribution >= 0.6 is 0 Å². The molecule has 0 radical (unpaired) electrons. The van der Waals surface area contributed by atoms with Crippen molar-refractivity contribution in [3.05, 3.63) is 42.2 Å². The Morgan fingerprint density at radius 3 is 2.81 bits per heavy atom. The molecule has 0 aliphatic carbocycles. The summed E-state index contributed by atoms with van der Waals surface area (Å²) < 4.78 is 5.55. The number of benzene rings is 1. The van der Waals surface area contributed by atoms with Gasteiger partial charge in [0.2, 0.25) is 0 Å². The Labute approximate surface area is 99.1 Å². The molecule has 0 atom stereocenters. The number of aryl methyl sites for hydroxylation is 1. The molecule has 0 heterocycles. The Balaban J connectivity index is 2.30. The molecule has 0 unspecified atom stereocenters. The summed E-state index contributed by atoms with van der Waals surface area (Å²) in [5.41, 5.74) is 1.32. The van der Waals surface area contributed by atoms with Crippen LogP contribution in [0, 0.1) is 0 Å². The number of ether oxygens (including phenoxy) is 1. The van der Waals surface area contributed by atoms with E-state index >= 15 is 0 Å². The van der Waals surface area contributed by atoms with E-state index in [0.717, 1.165) is 18.6 Å². The molecule has 1 nitrogen and oxygen atoms in total. The van der Waals surface area contributed by atoms with Gasteiger partial charge >= 0.3 is 0 Å². The maximum atomic E-state index is 5.55. The van der Waals surface area contributed by atoms with Crippen LogP contribution in [0.15, 0.2) is 36.6 Å². The van der Waals surface area contributed by atoms with Crippen molar-refractivity contribution >= 4 is 0 Å². The molecule has 0 N–H and O–H groups in total. The minimum absolute atomic E-state index is 0.936. The topological polar surface area (TPSA) is 9.23 Å². The third-order valence-corrected chi connectivity index (χ3v) is 2.58. The van der Waals surface area contributed by atoms with Gasteiger partial charge in [0.1, 0.15) is 5.75 Å². The molecule has 1 rings (SSSR count). The molecular formula is C15H22O. The first-order valence-electron chi connectivity index (χ1n) is 6.27. The van der Waals surface area contributed by atoms with Gasteiger partial charge in [0.05, 0.1) is 6.26 Å². The normalized spacial score (nSPS) is 10.9. The summed E-state index contributed by atoms with van der Waals surface area (Å²) in [5, 5.41) is 0. The molecule has 88 valence electrons. The number of allylic oxidation sites excluding steroid dienone is 1. The Hall–Kier alpha value is -1.24. The highest BCUT2D eigenvalue weighted by Crippen LogP contribution is 2.14. The largest absolute Gasteiger partial charge is 0.465 e. The lowest BCUT2D eigenvalue weighted by atomic mass is 10.2. The van der Waals surface area contributed by atoms with Gasteiger partial charge in [-0.15, -0.1) is 0 Å². The summed E-state index contributed by atoms with van der Waals surface area (Å²) in [6, 6.07) is 8.25. The van der Waals surface area contributed by atoms with E-state index < -0.39 is 0 Å². The van der Waals surface area contributed by atoms with E-state index in [1.807, 2.05) is 18.4 Å². The Kier molecular flexibility index (Phi) is 6.39. The molecule has 0 fully saturated rings. The predicted molar refractivity (Wildman–Crippen MR) is 69.7 cm³/mol. The maximum Gasteiger partial charge on any atom is 0.126 e. The average Bonchev–Trinajstić information content (AvgIpc) is 2.34. The molecule has 0 aliphatic rings. The summed E-state index contributed by atoms with van der Waals surface area (Å²) in [6.45, 7) is 4.37. The second-order valence-electron chi connectivity index (χ2n) is 3.99. The highest BCUT2D eigenvalue weighted by Gasteiger charge is 1.92. The van der Waals surface area contributed by atoms with Crippen LogP contribution in [-0.4, -0.2) is 0 Å². The van der Waals surface area contributed by atoms with Gasteiger partial charge in [-0.05, 0) is 43.0 Å². The summed E-state index contributed by atoms with van der Waals surface area (Å²) in [5.74, 6) is 0.936. The minimum Gasteiger partial charge on any atom is -0.465 e. The van der Waals surface area contributed by atoms with Crippen LogP contribution in [0.5, 0.6) is 5.75 Å². The Morgan fingerprint density at radius 2 is 2.06 bits per heavy atom. The van der Waals surface area contributed by atoms with E-state index in [-0.39, 0.29) is 0 Å². The van der Waals surface area contributed by atoms with Gasteiger partial charge in [0.15, 0.2) is 0 Å². The Bertz CT molecular complexity index is 315. The smallest absolute Gasteiger partial charge is 0.126 e. The van der Waals surface area contributed by atoms with Gasteiger partial charge in [-0.3, -0.25) is 0 Å². The number of hydrogen-bond donors (Lipinski definition) is 0. The van der Waals surface area contributed by atoms with E-state index in [0.29, 0.717) is 0 Å². The molecule has 1 aromatic rings. The first-order valence-corrected chi connectivity index (χ1v) is 6.27. The zero-order valence-corrected chi connectivity index (χ0v) is 10.4. The Morgan fingerprint density at radius 1 is 1.19 bits per heavy atom. The fraction of sp³-hybridized carbons (Fsp3) is 0.467. The van der Waals surface area contributed by atoms with Crippen molar-refractivity contribution in [2.45, 2.75) is 46.0 Å². The van der Waals surface area contributed by atoms with Crippen molar-refractivity contribution in [2.24, 2.45) is 0 Å². The van der Waals surface area contributed by atoms with E-state index in [9.17, 15) is 0 Å². The summed E-state index contributed by atoms with van der Waals surface area (Å²) in [7, 11) is 0. The molecular weight excluding hydrogens is 196 g/mol. The molecule has 1 aromatic carbocycles. The van der Waals surface area contributed by atoms with Crippen molar-refractivity contribution in [3.63, 3.8) is 0 Å². The molecule has 0 aromatic heterocycles. The molecule has 0 saturated carbocycles. The third kappa shape index (κ3) is 5.01. The number of rotatable bonds is 7. The second kappa shape index (κ2) is 7.98. The van der Waals surface area contributed by atoms with Crippen LogP contribution in [-0.2, 0) is 6.42 Å². The van der Waals surface area contributed by atoms with E-state index in [1.165, 1.54) is 24.8 Å². The first-order chi connectivity index (χ1) is 7.86. The first kappa shape index (κ1) is 12.8. The van der Waals surface area contributed by atoms with Crippen LogP contribution in [0.3, 0.4) is 0 Å². The lowest BCUT2D eigenvalue weighted by Gasteiger charge is -2.02. The highest BCUT2D eigenvalue weighted by atomic mass is 16.5. The minimum atomic E-state index is 0.936. The fourth-order valence-electron chi connectivity index (χ4n) is 1.55. The zero-order chi connectivity index (χ0) is 11.6. The van der Waals surface area contributed by atoms with Gasteiger partial charge in [-0.1, -0.05) is 38.8 Å². The van der Waals surface area contributed by atoms with Crippen molar-refractivity contribution in [2.75, 3.05) is 0 Å². The second-order valence-corrected chi connectivity index (χ2v) is 3.99. The van der Waals surface area contributed by atoms with E-state index in [2.05, 4.69) is 32.1 Å². The van der Waals surface area contributed by atoms with Crippen molar-refractivity contribution in [1.82, 2.24) is 0 Å². The molecule has 0 bridgehead atoms. The van der Waals surface area contributed by atoms with Crippen LogP contribution in [0.2, 0.25) is 0 Å². The molecule has 0 spiro atoms. The summed E-state index contributed by atoms with van der Waals surface area (Å²) >= 11 is 0. The van der Waals surface area contributed by atoms with E-state index in [4.69, 9.17) is 4.74 Å². The summed E-state index contributed by atoms with van der Waals surface area (Å²) in [6.07, 6.45) is 9.91. The van der Waals surface area contributed by atoms with Gasteiger partial charge in [-0.25, -0.2) is 0 Å². The van der Waals surface area contributed by atoms with Crippen LogP contribution < -0.4 is 4.74 Å². The lowest BCUT2D eigenvalue weighted by Crippen LogP contribution is -1.85. The third-order valence-electron chi connectivity index (χ3n) is 2.58. The standard InChI is InChI=1S/C15H22O/c1-3-5-6-7-8-12-16-15-11-9-10-14(4-2)13-15/h8-13H,3-7H2,1-2H3.